The van der Waals surface area contributed by atoms with Crippen molar-refractivity contribution in [3.05, 3.63) is 22.2 Å². The molecule has 0 bridgehead atoms. The van der Waals surface area contributed by atoms with Gasteiger partial charge >= 0.3 is 0 Å². The summed E-state index contributed by atoms with van der Waals surface area (Å²) in [6.07, 6.45) is 3.71. The van der Waals surface area contributed by atoms with E-state index in [4.69, 9.17) is 5.73 Å². The van der Waals surface area contributed by atoms with E-state index in [2.05, 4.69) is 41.2 Å². The number of nitrogen functional groups attached to an aromatic ring is 1. The normalized spacial score (nSPS) is 12.5. The Balaban J connectivity index is 2.69. The minimum Gasteiger partial charge on any atom is -0.398 e. The third kappa shape index (κ3) is 3.71. The molecule has 1 aromatic rings. The topological polar surface area (TPSA) is 38.0 Å². The Labute approximate surface area is 107 Å². The molecule has 3 heteroatoms. The lowest BCUT2D eigenvalue weighted by atomic mass is 10.1. The van der Waals surface area contributed by atoms with Crippen molar-refractivity contribution in [2.45, 2.75) is 46.1 Å². The third-order valence-electron chi connectivity index (χ3n) is 2.75. The second-order valence-electron chi connectivity index (χ2n) is 4.38. The zero-order valence-electron chi connectivity index (χ0n) is 10.3. The summed E-state index contributed by atoms with van der Waals surface area (Å²) in [5.74, 6) is 0. The maximum Gasteiger partial charge on any atom is 0.0490 e. The average molecular weight is 285 g/mol. The Kier molecular flexibility index (Phi) is 5.13. The largest absolute Gasteiger partial charge is 0.398 e. The first kappa shape index (κ1) is 13.4. The number of nitrogens with two attached hydrogens (primary N) is 1. The summed E-state index contributed by atoms with van der Waals surface area (Å²) in [4.78, 5) is 0. The summed E-state index contributed by atoms with van der Waals surface area (Å²) in [7, 11) is 0. The van der Waals surface area contributed by atoms with Crippen molar-refractivity contribution in [1.82, 2.24) is 0 Å². The molecule has 0 aliphatic carbocycles. The number of benzene rings is 1. The molecule has 3 N–H and O–H groups in total. The van der Waals surface area contributed by atoms with Gasteiger partial charge in [0.05, 0.1) is 0 Å². The molecule has 1 atom stereocenters. The molecule has 90 valence electrons. The van der Waals surface area contributed by atoms with Gasteiger partial charge in [0, 0.05) is 21.9 Å². The maximum absolute atomic E-state index is 5.84. The van der Waals surface area contributed by atoms with Gasteiger partial charge in [-0.3, -0.25) is 0 Å². The molecule has 0 radical (unpaired) electrons. The molecule has 1 aromatic carbocycles. The fourth-order valence-corrected chi connectivity index (χ4v) is 2.13. The summed E-state index contributed by atoms with van der Waals surface area (Å²) in [6, 6.07) is 4.56. The highest BCUT2D eigenvalue weighted by molar-refractivity contribution is 9.10. The van der Waals surface area contributed by atoms with E-state index in [-0.39, 0.29) is 0 Å². The highest BCUT2D eigenvalue weighted by atomic mass is 79.9. The van der Waals surface area contributed by atoms with Crippen LogP contribution in [0.25, 0.3) is 0 Å². The number of hydrogen-bond acceptors (Lipinski definition) is 2. The van der Waals surface area contributed by atoms with Crippen LogP contribution in [0, 0.1) is 6.92 Å². The number of anilines is 2. The predicted molar refractivity (Wildman–Crippen MR) is 75.9 cm³/mol. The van der Waals surface area contributed by atoms with Gasteiger partial charge in [-0.2, -0.15) is 0 Å². The van der Waals surface area contributed by atoms with E-state index in [1.54, 1.807) is 0 Å². The highest BCUT2D eigenvalue weighted by Gasteiger charge is 2.06. The van der Waals surface area contributed by atoms with Gasteiger partial charge in [-0.25, -0.2) is 0 Å². The molecule has 0 aromatic heterocycles. The van der Waals surface area contributed by atoms with Crippen molar-refractivity contribution in [3.8, 4) is 0 Å². The van der Waals surface area contributed by atoms with Crippen molar-refractivity contribution >= 4 is 27.3 Å². The molecule has 0 heterocycles. The van der Waals surface area contributed by atoms with E-state index in [0.29, 0.717) is 6.04 Å². The van der Waals surface area contributed by atoms with Gasteiger partial charge in [0.2, 0.25) is 0 Å². The predicted octanol–water partition coefficient (Wildman–Crippen LogP) is 4.33. The van der Waals surface area contributed by atoms with Crippen molar-refractivity contribution in [1.29, 1.82) is 0 Å². The van der Waals surface area contributed by atoms with Gasteiger partial charge in [-0.15, -0.1) is 0 Å². The third-order valence-corrected chi connectivity index (χ3v) is 3.40. The molecule has 0 saturated carbocycles. The standard InChI is InChI=1S/C13H21BrN2/c1-4-5-6-10(3)16-13-7-9(2)12(15)8-11(13)14/h7-8,10,16H,4-6,15H2,1-3H3. The summed E-state index contributed by atoms with van der Waals surface area (Å²) < 4.78 is 1.04. The van der Waals surface area contributed by atoms with E-state index >= 15 is 0 Å². The molecule has 0 fully saturated rings. The molecule has 0 spiro atoms. The van der Waals surface area contributed by atoms with Gasteiger partial charge in [0.1, 0.15) is 0 Å². The molecule has 16 heavy (non-hydrogen) atoms. The Morgan fingerprint density at radius 3 is 2.75 bits per heavy atom. The molecule has 0 aliphatic heterocycles. The summed E-state index contributed by atoms with van der Waals surface area (Å²) >= 11 is 3.54. The van der Waals surface area contributed by atoms with Crippen LogP contribution in [0.4, 0.5) is 11.4 Å². The number of halogens is 1. The molecule has 2 nitrogen and oxygen atoms in total. The molecular formula is C13H21BrN2. The van der Waals surface area contributed by atoms with Crippen molar-refractivity contribution in [2.75, 3.05) is 11.1 Å². The van der Waals surface area contributed by atoms with E-state index in [9.17, 15) is 0 Å². The van der Waals surface area contributed by atoms with E-state index in [1.807, 2.05) is 13.0 Å². The fourth-order valence-electron chi connectivity index (χ4n) is 1.66. The second kappa shape index (κ2) is 6.14. The van der Waals surface area contributed by atoms with Crippen LogP contribution in [0.3, 0.4) is 0 Å². The minimum atomic E-state index is 0.499. The Hall–Kier alpha value is -0.700. The van der Waals surface area contributed by atoms with Crippen LogP contribution in [0.2, 0.25) is 0 Å². The van der Waals surface area contributed by atoms with Gasteiger partial charge in [0.25, 0.3) is 0 Å². The second-order valence-corrected chi connectivity index (χ2v) is 5.23. The van der Waals surface area contributed by atoms with Gasteiger partial charge in [-0.1, -0.05) is 19.8 Å². The highest BCUT2D eigenvalue weighted by Crippen LogP contribution is 2.28. The van der Waals surface area contributed by atoms with E-state index in [0.717, 1.165) is 21.4 Å². The number of nitrogens with one attached hydrogen (secondary N) is 1. The maximum atomic E-state index is 5.84. The summed E-state index contributed by atoms with van der Waals surface area (Å²) in [5, 5.41) is 3.51. The lowest BCUT2D eigenvalue weighted by Crippen LogP contribution is -2.15. The van der Waals surface area contributed by atoms with Crippen LogP contribution in [0.15, 0.2) is 16.6 Å². The zero-order chi connectivity index (χ0) is 12.1. The van der Waals surface area contributed by atoms with Crippen molar-refractivity contribution in [3.63, 3.8) is 0 Å². The van der Waals surface area contributed by atoms with Crippen LogP contribution in [-0.4, -0.2) is 6.04 Å². The first-order chi connectivity index (χ1) is 7.54. The fraction of sp³-hybridized carbons (Fsp3) is 0.538. The van der Waals surface area contributed by atoms with Crippen molar-refractivity contribution in [2.24, 2.45) is 0 Å². The van der Waals surface area contributed by atoms with E-state index < -0.39 is 0 Å². The first-order valence-corrected chi connectivity index (χ1v) is 6.66. The first-order valence-electron chi connectivity index (χ1n) is 5.86. The average Bonchev–Trinajstić information content (AvgIpc) is 2.23. The smallest absolute Gasteiger partial charge is 0.0490 e. The van der Waals surface area contributed by atoms with Crippen LogP contribution >= 0.6 is 15.9 Å². The molecule has 0 saturated heterocycles. The summed E-state index contributed by atoms with van der Waals surface area (Å²) in [6.45, 7) is 6.47. The van der Waals surface area contributed by atoms with Gasteiger partial charge < -0.3 is 11.1 Å². The zero-order valence-corrected chi connectivity index (χ0v) is 11.9. The molecule has 0 amide bonds. The molecule has 1 unspecified atom stereocenters. The van der Waals surface area contributed by atoms with Gasteiger partial charge in [-0.05, 0) is 53.9 Å². The number of hydrogen-bond donors (Lipinski definition) is 2. The Morgan fingerprint density at radius 1 is 1.44 bits per heavy atom. The molecular weight excluding hydrogens is 264 g/mol. The van der Waals surface area contributed by atoms with Crippen LogP contribution in [-0.2, 0) is 0 Å². The number of rotatable bonds is 5. The van der Waals surface area contributed by atoms with Crippen LogP contribution < -0.4 is 11.1 Å². The lowest BCUT2D eigenvalue weighted by Gasteiger charge is -2.17. The van der Waals surface area contributed by atoms with Crippen LogP contribution in [0.1, 0.15) is 38.7 Å². The number of unbranched alkanes of at least 4 members (excludes halogenated alkanes) is 1. The quantitative estimate of drug-likeness (QED) is 0.790. The van der Waals surface area contributed by atoms with Gasteiger partial charge in [0.15, 0.2) is 0 Å². The molecule has 0 aliphatic rings. The van der Waals surface area contributed by atoms with Crippen LogP contribution in [0.5, 0.6) is 0 Å². The SMILES string of the molecule is CCCCC(C)Nc1cc(C)c(N)cc1Br. The summed E-state index contributed by atoms with van der Waals surface area (Å²) in [5.41, 5.74) is 8.93. The minimum absolute atomic E-state index is 0.499. The molecule has 1 rings (SSSR count). The van der Waals surface area contributed by atoms with E-state index in [1.165, 1.54) is 19.3 Å². The lowest BCUT2D eigenvalue weighted by molar-refractivity contribution is 0.645. The Bertz CT molecular complexity index is 350. The number of aryl methyl sites for hydroxylation is 1. The van der Waals surface area contributed by atoms with Crippen molar-refractivity contribution < 1.29 is 0 Å². The Morgan fingerprint density at radius 2 is 2.12 bits per heavy atom. The monoisotopic (exact) mass is 284 g/mol.